The fraction of sp³-hybridized carbons (Fsp3) is 0.0750. The van der Waals surface area contributed by atoms with Gasteiger partial charge in [-0.2, -0.15) is 15.2 Å². The van der Waals surface area contributed by atoms with E-state index in [0.29, 0.717) is 28.7 Å². The molecule has 5 aromatic carbocycles. The summed E-state index contributed by atoms with van der Waals surface area (Å²) in [5.41, 5.74) is 7.56. The molecule has 1 aliphatic heterocycles. The molecule has 236 valence electrons. The Morgan fingerprint density at radius 1 is 0.792 bits per heavy atom. The van der Waals surface area contributed by atoms with Gasteiger partial charge >= 0.3 is 0 Å². The molecule has 0 atom stereocenters. The molecule has 1 amide bonds. The number of rotatable bonds is 10. The zero-order valence-electron chi connectivity index (χ0n) is 26.2. The predicted molar refractivity (Wildman–Crippen MR) is 196 cm³/mol. The summed E-state index contributed by atoms with van der Waals surface area (Å²) in [6, 6.07) is 43.3. The van der Waals surface area contributed by atoms with Crippen LogP contribution in [0.2, 0.25) is 5.02 Å². The van der Waals surface area contributed by atoms with Gasteiger partial charge in [-0.15, -0.1) is 11.8 Å². The van der Waals surface area contributed by atoms with Gasteiger partial charge in [0.05, 0.1) is 28.4 Å². The number of amides is 1. The minimum Gasteiger partial charge on any atom is -0.489 e. The normalized spacial score (nSPS) is 13.6. The molecule has 6 nitrogen and oxygen atoms in total. The molecular formula is C40H31ClN4O2S. The van der Waals surface area contributed by atoms with Crippen LogP contribution in [0.4, 0.5) is 5.69 Å². The van der Waals surface area contributed by atoms with E-state index in [1.54, 1.807) is 11.8 Å². The van der Waals surface area contributed by atoms with Crippen molar-refractivity contribution in [2.24, 2.45) is 5.10 Å². The summed E-state index contributed by atoms with van der Waals surface area (Å²) in [6.45, 7) is 2.50. The summed E-state index contributed by atoms with van der Waals surface area (Å²) in [6.07, 6.45) is 3.89. The highest BCUT2D eigenvalue weighted by Gasteiger charge is 2.31. The Balaban J connectivity index is 1.23. The number of hydrogen-bond donors (Lipinski definition) is 0. The van der Waals surface area contributed by atoms with Crippen LogP contribution >= 0.6 is 23.4 Å². The molecule has 48 heavy (non-hydrogen) atoms. The number of hydrogen-bond acceptors (Lipinski definition) is 5. The van der Waals surface area contributed by atoms with E-state index in [1.165, 1.54) is 10.6 Å². The van der Waals surface area contributed by atoms with Gasteiger partial charge in [0.25, 0.3) is 5.91 Å². The molecule has 1 aliphatic rings. The van der Waals surface area contributed by atoms with Crippen LogP contribution in [-0.2, 0) is 11.4 Å². The van der Waals surface area contributed by atoms with Gasteiger partial charge in [-0.1, -0.05) is 77.8 Å². The Morgan fingerprint density at radius 2 is 1.46 bits per heavy atom. The van der Waals surface area contributed by atoms with E-state index >= 15 is 0 Å². The number of hydrazone groups is 1. The first-order valence-electron chi connectivity index (χ1n) is 15.5. The van der Waals surface area contributed by atoms with Gasteiger partial charge < -0.3 is 4.74 Å². The van der Waals surface area contributed by atoms with Gasteiger partial charge in [0.1, 0.15) is 12.4 Å². The molecule has 0 spiro atoms. The highest BCUT2D eigenvalue weighted by molar-refractivity contribution is 8.00. The van der Waals surface area contributed by atoms with E-state index in [4.69, 9.17) is 26.5 Å². The first kappa shape index (κ1) is 31.2. The van der Waals surface area contributed by atoms with Crippen molar-refractivity contribution >= 4 is 46.7 Å². The summed E-state index contributed by atoms with van der Waals surface area (Å²) in [5.74, 6) is 1.10. The summed E-state index contributed by atoms with van der Waals surface area (Å²) < 4.78 is 7.88. The number of benzene rings is 5. The SMILES string of the molecule is Cc1ccc(SCC2=NN(c3ccccc3)C(=O)C2=Cc2cn(-c3ccccc3)nc2-c2ccc(OCc3ccc(Cl)cc3)cc2)cc1. The molecule has 8 heteroatoms. The van der Waals surface area contributed by atoms with Gasteiger partial charge in [0.15, 0.2) is 0 Å². The van der Waals surface area contributed by atoms with Crippen LogP contribution in [0.15, 0.2) is 155 Å². The number of carbonyl (C=O) groups excluding carboxylic acids is 1. The number of anilines is 1. The number of halogens is 1. The van der Waals surface area contributed by atoms with Crippen LogP contribution in [0, 0.1) is 6.92 Å². The van der Waals surface area contributed by atoms with Crippen molar-refractivity contribution in [2.45, 2.75) is 18.4 Å². The Hall–Kier alpha value is -5.37. The lowest BCUT2D eigenvalue weighted by molar-refractivity contribution is -0.114. The molecule has 1 aromatic heterocycles. The van der Waals surface area contributed by atoms with Crippen LogP contribution < -0.4 is 9.75 Å². The highest BCUT2D eigenvalue weighted by Crippen LogP contribution is 2.32. The van der Waals surface area contributed by atoms with Gasteiger partial charge in [-0.3, -0.25) is 4.79 Å². The summed E-state index contributed by atoms with van der Waals surface area (Å²) in [7, 11) is 0. The van der Waals surface area contributed by atoms with E-state index in [2.05, 4.69) is 31.2 Å². The Labute approximate surface area is 289 Å². The Morgan fingerprint density at radius 3 is 2.15 bits per heavy atom. The summed E-state index contributed by atoms with van der Waals surface area (Å²) in [4.78, 5) is 15.2. The maximum atomic E-state index is 14.0. The molecule has 0 saturated carbocycles. The van der Waals surface area contributed by atoms with Gasteiger partial charge in [-0.25, -0.2) is 4.68 Å². The summed E-state index contributed by atoms with van der Waals surface area (Å²) >= 11 is 7.68. The number of nitrogens with zero attached hydrogens (tertiary/aromatic N) is 4. The van der Waals surface area contributed by atoms with Crippen molar-refractivity contribution in [2.75, 3.05) is 10.8 Å². The van der Waals surface area contributed by atoms with Crippen molar-refractivity contribution in [3.63, 3.8) is 0 Å². The Kier molecular flexibility index (Phi) is 9.23. The zero-order valence-corrected chi connectivity index (χ0v) is 27.7. The number of aromatic nitrogens is 2. The van der Waals surface area contributed by atoms with Crippen molar-refractivity contribution < 1.29 is 9.53 Å². The second-order valence-corrected chi connectivity index (χ2v) is 12.8. The monoisotopic (exact) mass is 666 g/mol. The molecule has 2 heterocycles. The first-order chi connectivity index (χ1) is 23.5. The lowest BCUT2D eigenvalue weighted by Crippen LogP contribution is -2.21. The zero-order chi connectivity index (χ0) is 32.9. The number of ether oxygens (including phenoxy) is 1. The van der Waals surface area contributed by atoms with Crippen LogP contribution in [-0.4, -0.2) is 27.2 Å². The van der Waals surface area contributed by atoms with Gasteiger partial charge in [0.2, 0.25) is 0 Å². The summed E-state index contributed by atoms with van der Waals surface area (Å²) in [5, 5.41) is 12.0. The fourth-order valence-corrected chi connectivity index (χ4v) is 6.25. The average Bonchev–Trinajstić information content (AvgIpc) is 3.69. The fourth-order valence-electron chi connectivity index (χ4n) is 5.28. The lowest BCUT2D eigenvalue weighted by atomic mass is 10.0. The number of para-hydroxylation sites is 2. The van der Waals surface area contributed by atoms with E-state index in [1.807, 2.05) is 126 Å². The van der Waals surface area contributed by atoms with Crippen molar-refractivity contribution in [1.29, 1.82) is 0 Å². The van der Waals surface area contributed by atoms with Gasteiger partial charge in [-0.05, 0) is 91.4 Å². The molecule has 0 aliphatic carbocycles. The van der Waals surface area contributed by atoms with Gasteiger partial charge in [0, 0.05) is 33.0 Å². The maximum Gasteiger partial charge on any atom is 0.280 e. The second kappa shape index (κ2) is 14.2. The molecule has 6 aromatic rings. The van der Waals surface area contributed by atoms with Crippen LogP contribution in [0.25, 0.3) is 23.0 Å². The highest BCUT2D eigenvalue weighted by atomic mass is 35.5. The molecule has 0 bridgehead atoms. The molecule has 7 rings (SSSR count). The van der Waals surface area contributed by atoms with Crippen LogP contribution in [0.1, 0.15) is 16.7 Å². The molecule has 0 fully saturated rings. The first-order valence-corrected chi connectivity index (χ1v) is 16.9. The van der Waals surface area contributed by atoms with E-state index < -0.39 is 0 Å². The van der Waals surface area contributed by atoms with E-state index in [0.717, 1.165) is 44.4 Å². The molecule has 0 N–H and O–H groups in total. The minimum absolute atomic E-state index is 0.176. The number of aryl methyl sites for hydroxylation is 1. The minimum atomic E-state index is -0.176. The van der Waals surface area contributed by atoms with Crippen molar-refractivity contribution in [3.8, 4) is 22.7 Å². The maximum absolute atomic E-state index is 14.0. The predicted octanol–water partition coefficient (Wildman–Crippen LogP) is 9.66. The van der Waals surface area contributed by atoms with E-state index in [9.17, 15) is 4.79 Å². The van der Waals surface area contributed by atoms with E-state index in [-0.39, 0.29) is 5.91 Å². The third-order valence-corrected chi connectivity index (χ3v) is 9.14. The average molecular weight is 667 g/mol. The third kappa shape index (κ3) is 7.13. The largest absolute Gasteiger partial charge is 0.489 e. The third-order valence-electron chi connectivity index (χ3n) is 7.86. The molecule has 0 saturated heterocycles. The standard InChI is InChI=1S/C40H31ClN4O2S/c1-28-12-22-36(23-13-28)48-27-38-37(40(46)45(42-38)34-10-6-3-7-11-34)24-31-25-44(33-8-4-2-5-9-33)43-39(31)30-16-20-35(21-17-30)47-26-29-14-18-32(41)19-15-29/h2-25H,26-27H2,1H3. The lowest BCUT2D eigenvalue weighted by Gasteiger charge is -2.11. The quantitative estimate of drug-likeness (QED) is 0.108. The van der Waals surface area contributed by atoms with Crippen molar-refractivity contribution in [1.82, 2.24) is 9.78 Å². The topological polar surface area (TPSA) is 59.7 Å². The Bertz CT molecular complexity index is 2090. The van der Waals surface area contributed by atoms with Crippen molar-refractivity contribution in [3.05, 3.63) is 167 Å². The number of thioether (sulfide) groups is 1. The second-order valence-electron chi connectivity index (χ2n) is 11.3. The molecule has 0 unspecified atom stereocenters. The van der Waals surface area contributed by atoms with Crippen LogP contribution in [0.3, 0.4) is 0 Å². The molecular weight excluding hydrogens is 636 g/mol. The number of carbonyl (C=O) groups is 1. The smallest absolute Gasteiger partial charge is 0.280 e. The molecule has 0 radical (unpaired) electrons. The van der Waals surface area contributed by atoms with Crippen LogP contribution in [0.5, 0.6) is 5.75 Å².